The lowest BCUT2D eigenvalue weighted by Gasteiger charge is -2.21. The lowest BCUT2D eigenvalue weighted by molar-refractivity contribution is 0.133. The van der Waals surface area contributed by atoms with Gasteiger partial charge in [0, 0.05) is 13.1 Å². The molecule has 0 radical (unpaired) electrons. The van der Waals surface area contributed by atoms with Gasteiger partial charge in [-0.05, 0) is 30.7 Å². The van der Waals surface area contributed by atoms with Crippen molar-refractivity contribution in [3.63, 3.8) is 0 Å². The minimum Gasteiger partial charge on any atom is -0.395 e. The number of nitrogens with zero attached hydrogens (tertiary/aromatic N) is 1. The van der Waals surface area contributed by atoms with Crippen LogP contribution in [0, 0.1) is 11.6 Å². The lowest BCUT2D eigenvalue weighted by atomic mass is 10.1. The number of hydrogen-bond acceptors (Lipinski definition) is 3. The molecular formula is C13H19F2NO2. The van der Waals surface area contributed by atoms with Gasteiger partial charge in [-0.25, -0.2) is 8.78 Å². The third-order valence-corrected chi connectivity index (χ3v) is 2.91. The molecule has 0 spiro atoms. The molecule has 3 nitrogen and oxygen atoms in total. The van der Waals surface area contributed by atoms with Crippen LogP contribution < -0.4 is 0 Å². The second kappa shape index (κ2) is 7.41. The van der Waals surface area contributed by atoms with Crippen molar-refractivity contribution in [2.24, 2.45) is 0 Å². The van der Waals surface area contributed by atoms with Crippen LogP contribution in [-0.2, 0) is 0 Å². The predicted molar refractivity (Wildman–Crippen MR) is 65.1 cm³/mol. The Morgan fingerprint density at radius 1 is 1.22 bits per heavy atom. The fraction of sp³-hybridized carbons (Fsp3) is 0.538. The van der Waals surface area contributed by atoms with Crippen LogP contribution in [0.25, 0.3) is 0 Å². The number of hydrogen-bond donors (Lipinski definition) is 2. The summed E-state index contributed by atoms with van der Waals surface area (Å²) >= 11 is 0. The minimum atomic E-state index is -0.950. The fourth-order valence-electron chi connectivity index (χ4n) is 1.76. The molecule has 0 aliphatic heterocycles. The zero-order chi connectivity index (χ0) is 13.5. The van der Waals surface area contributed by atoms with Crippen LogP contribution in [0.15, 0.2) is 18.2 Å². The van der Waals surface area contributed by atoms with E-state index in [0.717, 1.165) is 18.7 Å². The summed E-state index contributed by atoms with van der Waals surface area (Å²) in [4.78, 5) is 1.98. The highest BCUT2D eigenvalue weighted by molar-refractivity contribution is 5.19. The molecule has 0 heterocycles. The Hall–Kier alpha value is -1.04. The lowest BCUT2D eigenvalue weighted by Crippen LogP contribution is -2.28. The normalized spacial score (nSPS) is 13.0. The maximum Gasteiger partial charge on any atom is 0.159 e. The van der Waals surface area contributed by atoms with Gasteiger partial charge < -0.3 is 15.1 Å². The van der Waals surface area contributed by atoms with E-state index in [4.69, 9.17) is 5.11 Å². The first-order valence-corrected chi connectivity index (χ1v) is 6.04. The number of rotatable bonds is 7. The van der Waals surface area contributed by atoms with Crippen molar-refractivity contribution in [3.05, 3.63) is 35.4 Å². The maximum atomic E-state index is 13.0. The number of halogens is 2. The van der Waals surface area contributed by atoms with Gasteiger partial charge in [-0.15, -0.1) is 0 Å². The second-order valence-electron chi connectivity index (χ2n) is 4.14. The Morgan fingerprint density at radius 2 is 1.94 bits per heavy atom. The van der Waals surface area contributed by atoms with E-state index >= 15 is 0 Å². The Bertz CT molecular complexity index is 374. The van der Waals surface area contributed by atoms with Gasteiger partial charge in [-0.3, -0.25) is 0 Å². The van der Waals surface area contributed by atoms with E-state index in [1.165, 1.54) is 6.07 Å². The molecule has 102 valence electrons. The third-order valence-electron chi connectivity index (χ3n) is 2.91. The van der Waals surface area contributed by atoms with Crippen LogP contribution in [0.3, 0.4) is 0 Å². The average molecular weight is 259 g/mol. The van der Waals surface area contributed by atoms with Crippen molar-refractivity contribution in [2.75, 3.05) is 26.2 Å². The van der Waals surface area contributed by atoms with Gasteiger partial charge >= 0.3 is 0 Å². The van der Waals surface area contributed by atoms with Crippen LogP contribution in [0.4, 0.5) is 8.78 Å². The molecule has 0 fully saturated rings. The third kappa shape index (κ3) is 4.33. The van der Waals surface area contributed by atoms with Crippen LogP contribution in [0.1, 0.15) is 25.0 Å². The molecule has 2 N–H and O–H groups in total. The van der Waals surface area contributed by atoms with Crippen LogP contribution in [0.2, 0.25) is 0 Å². The molecule has 0 bridgehead atoms. The van der Waals surface area contributed by atoms with Crippen molar-refractivity contribution >= 4 is 0 Å². The molecule has 1 aromatic rings. The van der Waals surface area contributed by atoms with Gasteiger partial charge in [0.25, 0.3) is 0 Å². The number of aliphatic hydroxyl groups excluding tert-OH is 2. The molecule has 1 atom stereocenters. The quantitative estimate of drug-likeness (QED) is 0.783. The van der Waals surface area contributed by atoms with Gasteiger partial charge in [0.1, 0.15) is 0 Å². The molecule has 0 aliphatic carbocycles. The SMILES string of the molecule is CCN(CCO)CCC(O)c1ccc(F)c(F)c1. The van der Waals surface area contributed by atoms with E-state index in [0.29, 0.717) is 25.1 Å². The van der Waals surface area contributed by atoms with Crippen molar-refractivity contribution in [1.82, 2.24) is 4.90 Å². The monoisotopic (exact) mass is 259 g/mol. The van der Waals surface area contributed by atoms with Crippen LogP contribution in [0.5, 0.6) is 0 Å². The smallest absolute Gasteiger partial charge is 0.159 e. The zero-order valence-electron chi connectivity index (χ0n) is 10.4. The molecular weight excluding hydrogens is 240 g/mol. The highest BCUT2D eigenvalue weighted by Gasteiger charge is 2.12. The van der Waals surface area contributed by atoms with E-state index in [-0.39, 0.29) is 6.61 Å². The highest BCUT2D eigenvalue weighted by Crippen LogP contribution is 2.19. The molecule has 1 rings (SSSR count). The summed E-state index contributed by atoms with van der Waals surface area (Å²) < 4.78 is 25.7. The number of benzene rings is 1. The summed E-state index contributed by atoms with van der Waals surface area (Å²) in [6.07, 6.45) is -0.410. The Labute approximate surface area is 106 Å². The number of aliphatic hydroxyl groups is 2. The van der Waals surface area contributed by atoms with Crippen molar-refractivity contribution in [1.29, 1.82) is 0 Å². The zero-order valence-corrected chi connectivity index (χ0v) is 10.4. The summed E-state index contributed by atoms with van der Waals surface area (Å²) in [5.41, 5.74) is 0.369. The van der Waals surface area contributed by atoms with Crippen molar-refractivity contribution in [2.45, 2.75) is 19.4 Å². The van der Waals surface area contributed by atoms with Gasteiger partial charge in [-0.2, -0.15) is 0 Å². The first kappa shape index (κ1) is 15.0. The second-order valence-corrected chi connectivity index (χ2v) is 4.14. The molecule has 18 heavy (non-hydrogen) atoms. The molecule has 1 unspecified atom stereocenters. The predicted octanol–water partition coefficient (Wildman–Crippen LogP) is 1.70. The van der Waals surface area contributed by atoms with E-state index in [9.17, 15) is 13.9 Å². The summed E-state index contributed by atoms with van der Waals surface area (Å²) in [7, 11) is 0. The molecule has 0 saturated heterocycles. The average Bonchev–Trinajstić information content (AvgIpc) is 2.37. The van der Waals surface area contributed by atoms with E-state index in [1.54, 1.807) is 0 Å². The van der Waals surface area contributed by atoms with Gasteiger partial charge in [0.05, 0.1) is 12.7 Å². The maximum absolute atomic E-state index is 13.0. The first-order valence-electron chi connectivity index (χ1n) is 6.04. The van der Waals surface area contributed by atoms with Crippen molar-refractivity contribution < 1.29 is 19.0 Å². The van der Waals surface area contributed by atoms with E-state index in [2.05, 4.69) is 0 Å². The molecule has 0 aromatic heterocycles. The summed E-state index contributed by atoms with van der Waals surface area (Å²) in [5, 5.41) is 18.7. The highest BCUT2D eigenvalue weighted by atomic mass is 19.2. The Kier molecular flexibility index (Phi) is 6.18. The first-order chi connectivity index (χ1) is 8.58. The largest absolute Gasteiger partial charge is 0.395 e. The topological polar surface area (TPSA) is 43.7 Å². The van der Waals surface area contributed by atoms with Crippen LogP contribution >= 0.6 is 0 Å². The summed E-state index contributed by atoms with van der Waals surface area (Å²) in [5.74, 6) is -1.87. The van der Waals surface area contributed by atoms with Crippen molar-refractivity contribution in [3.8, 4) is 0 Å². The number of likely N-dealkylation sites (N-methyl/N-ethyl adjacent to an activating group) is 1. The Balaban J connectivity index is 2.53. The van der Waals surface area contributed by atoms with E-state index in [1.807, 2.05) is 11.8 Å². The summed E-state index contributed by atoms with van der Waals surface area (Å²) in [6.45, 7) is 3.93. The van der Waals surface area contributed by atoms with Gasteiger partial charge in [0.15, 0.2) is 11.6 Å². The summed E-state index contributed by atoms with van der Waals surface area (Å²) in [6, 6.07) is 3.41. The fourth-order valence-corrected chi connectivity index (χ4v) is 1.76. The molecule has 5 heteroatoms. The molecule has 0 aliphatic rings. The van der Waals surface area contributed by atoms with Crippen LogP contribution in [-0.4, -0.2) is 41.4 Å². The standard InChI is InChI=1S/C13H19F2NO2/c1-2-16(7-8-17)6-5-13(18)10-3-4-11(14)12(15)9-10/h3-4,9,13,17-18H,2,5-8H2,1H3. The molecule has 0 amide bonds. The molecule has 1 aromatic carbocycles. The van der Waals surface area contributed by atoms with Gasteiger partial charge in [-0.1, -0.05) is 13.0 Å². The van der Waals surface area contributed by atoms with E-state index < -0.39 is 17.7 Å². The Morgan fingerprint density at radius 3 is 2.50 bits per heavy atom. The minimum absolute atomic E-state index is 0.0646. The molecule has 0 saturated carbocycles. The van der Waals surface area contributed by atoms with Gasteiger partial charge in [0.2, 0.25) is 0 Å².